The lowest BCUT2D eigenvalue weighted by Crippen LogP contribution is -2.40. The first kappa shape index (κ1) is 18.1. The fraction of sp³-hybridized carbons (Fsp3) is 0.421. The molecule has 1 saturated carbocycles. The maximum atomic E-state index is 12.9. The second-order valence-electron chi connectivity index (χ2n) is 7.26. The number of imidazole rings is 1. The Bertz CT molecular complexity index is 972. The first-order valence-corrected chi connectivity index (χ1v) is 9.48. The number of amides is 2. The zero-order valence-corrected chi connectivity index (χ0v) is 15.7. The van der Waals surface area contributed by atoms with Crippen LogP contribution in [0.3, 0.4) is 0 Å². The maximum Gasteiger partial charge on any atom is 0.272 e. The highest BCUT2D eigenvalue weighted by Crippen LogP contribution is 2.25. The first-order chi connectivity index (χ1) is 13.6. The molecule has 2 amide bonds. The molecule has 0 bridgehead atoms. The molecule has 0 unspecified atom stereocenters. The predicted molar refractivity (Wildman–Crippen MR) is 103 cm³/mol. The Kier molecular flexibility index (Phi) is 5.05. The zero-order chi connectivity index (χ0) is 19.5. The number of carbonyl (C=O) groups excluding carboxylic acids is 2. The van der Waals surface area contributed by atoms with E-state index in [1.54, 1.807) is 29.5 Å². The lowest BCUT2D eigenvalue weighted by Gasteiger charge is -2.29. The van der Waals surface area contributed by atoms with E-state index < -0.39 is 0 Å². The van der Waals surface area contributed by atoms with E-state index in [4.69, 9.17) is 0 Å². The Morgan fingerprint density at radius 1 is 1.29 bits per heavy atom. The minimum Gasteiger partial charge on any atom is -0.356 e. The van der Waals surface area contributed by atoms with E-state index in [2.05, 4.69) is 30.8 Å². The van der Waals surface area contributed by atoms with Crippen LogP contribution in [-0.2, 0) is 4.79 Å². The number of carbonyl (C=O) groups is 2. The molecule has 0 radical (unpaired) electrons. The topological polar surface area (TPSA) is 118 Å². The number of pyridine rings is 1. The maximum absolute atomic E-state index is 12.9. The smallest absolute Gasteiger partial charge is 0.272 e. The molecule has 0 saturated heterocycles. The van der Waals surface area contributed by atoms with Gasteiger partial charge >= 0.3 is 0 Å². The van der Waals surface area contributed by atoms with Crippen LogP contribution in [0.5, 0.6) is 0 Å². The molecule has 9 nitrogen and oxygen atoms in total. The van der Waals surface area contributed by atoms with Crippen LogP contribution in [0.1, 0.15) is 43.1 Å². The molecule has 1 aliphatic rings. The standard InChI is InChI=1S/C19H23N7O2/c1-12(27)21-9-13-2-4-15(5-3-13)23-19(28)18-17-14(10-22-25-17)8-16(24-18)26-7-6-20-11-26/h6-8,10-11,13,15H,2-5,9H2,1H3,(H,21,27)(H,22,25)(H,23,28)/t13-,15-. The van der Waals surface area contributed by atoms with Crippen molar-refractivity contribution in [3.8, 4) is 5.82 Å². The number of aromatic nitrogens is 5. The molecule has 1 aliphatic carbocycles. The summed E-state index contributed by atoms with van der Waals surface area (Å²) in [5, 5.41) is 13.7. The third-order valence-electron chi connectivity index (χ3n) is 5.22. The number of fused-ring (bicyclic) bond motifs is 1. The number of hydrogen-bond acceptors (Lipinski definition) is 5. The molecule has 0 spiro atoms. The molecule has 3 N–H and O–H groups in total. The van der Waals surface area contributed by atoms with Gasteiger partial charge in [0, 0.05) is 37.3 Å². The summed E-state index contributed by atoms with van der Waals surface area (Å²) in [5.41, 5.74) is 0.958. The van der Waals surface area contributed by atoms with Gasteiger partial charge < -0.3 is 10.6 Å². The number of rotatable bonds is 5. The van der Waals surface area contributed by atoms with Gasteiger partial charge in [0.05, 0.1) is 11.7 Å². The van der Waals surface area contributed by atoms with E-state index >= 15 is 0 Å². The van der Waals surface area contributed by atoms with Crippen LogP contribution in [0.15, 0.2) is 31.0 Å². The molecule has 0 aliphatic heterocycles. The zero-order valence-electron chi connectivity index (χ0n) is 15.7. The number of H-pyrrole nitrogens is 1. The van der Waals surface area contributed by atoms with Gasteiger partial charge in [0.2, 0.25) is 5.91 Å². The van der Waals surface area contributed by atoms with Gasteiger partial charge in [0.15, 0.2) is 5.69 Å². The van der Waals surface area contributed by atoms with Crippen molar-refractivity contribution in [2.75, 3.05) is 6.54 Å². The molecule has 9 heteroatoms. The highest BCUT2D eigenvalue weighted by molar-refractivity contribution is 6.04. The van der Waals surface area contributed by atoms with E-state index in [-0.39, 0.29) is 17.9 Å². The molecule has 146 valence electrons. The average Bonchev–Trinajstić information content (AvgIpc) is 3.38. The third kappa shape index (κ3) is 3.88. The quantitative estimate of drug-likeness (QED) is 0.620. The number of nitrogens with one attached hydrogen (secondary N) is 3. The van der Waals surface area contributed by atoms with E-state index in [9.17, 15) is 9.59 Å². The van der Waals surface area contributed by atoms with Crippen LogP contribution < -0.4 is 10.6 Å². The van der Waals surface area contributed by atoms with Crippen LogP contribution in [0, 0.1) is 5.92 Å². The van der Waals surface area contributed by atoms with Crippen molar-refractivity contribution in [3.63, 3.8) is 0 Å². The van der Waals surface area contributed by atoms with Gasteiger partial charge in [-0.1, -0.05) is 0 Å². The van der Waals surface area contributed by atoms with Crippen molar-refractivity contribution in [1.82, 2.24) is 35.4 Å². The van der Waals surface area contributed by atoms with Crippen molar-refractivity contribution in [2.24, 2.45) is 5.92 Å². The molecule has 0 atom stereocenters. The van der Waals surface area contributed by atoms with Gasteiger partial charge in [-0.25, -0.2) is 9.97 Å². The van der Waals surface area contributed by atoms with Crippen molar-refractivity contribution < 1.29 is 9.59 Å². The Labute approximate surface area is 161 Å². The minimum atomic E-state index is -0.207. The molecule has 0 aromatic carbocycles. The SMILES string of the molecule is CC(=O)NC[C@H]1CC[C@H](NC(=O)c2nc(-n3ccnc3)cc3cn[nH]c23)CC1. The predicted octanol–water partition coefficient (Wildman–Crippen LogP) is 1.57. The summed E-state index contributed by atoms with van der Waals surface area (Å²) in [4.78, 5) is 32.6. The summed E-state index contributed by atoms with van der Waals surface area (Å²) in [6.07, 6.45) is 10.5. The molecule has 1 fully saturated rings. The first-order valence-electron chi connectivity index (χ1n) is 9.48. The summed E-state index contributed by atoms with van der Waals surface area (Å²) >= 11 is 0. The van der Waals surface area contributed by atoms with E-state index in [1.165, 1.54) is 6.92 Å². The van der Waals surface area contributed by atoms with Crippen molar-refractivity contribution >= 4 is 22.7 Å². The van der Waals surface area contributed by atoms with Crippen LogP contribution in [0.4, 0.5) is 0 Å². The van der Waals surface area contributed by atoms with Crippen LogP contribution in [0.2, 0.25) is 0 Å². The van der Waals surface area contributed by atoms with Crippen molar-refractivity contribution in [3.05, 3.63) is 36.7 Å². The Balaban J connectivity index is 1.46. The molecule has 28 heavy (non-hydrogen) atoms. The lowest BCUT2D eigenvalue weighted by atomic mass is 9.86. The molecule has 3 aromatic heterocycles. The third-order valence-corrected chi connectivity index (χ3v) is 5.22. The monoisotopic (exact) mass is 381 g/mol. The van der Waals surface area contributed by atoms with Gasteiger partial charge in [-0.3, -0.25) is 19.3 Å². The van der Waals surface area contributed by atoms with Gasteiger partial charge in [0.1, 0.15) is 12.1 Å². The Hall–Kier alpha value is -3.23. The molecular formula is C19H23N7O2. The fourth-order valence-corrected chi connectivity index (χ4v) is 3.68. The lowest BCUT2D eigenvalue weighted by molar-refractivity contribution is -0.119. The van der Waals surface area contributed by atoms with Crippen LogP contribution >= 0.6 is 0 Å². The Morgan fingerprint density at radius 2 is 2.11 bits per heavy atom. The second-order valence-corrected chi connectivity index (χ2v) is 7.26. The molecule has 3 aromatic rings. The van der Waals surface area contributed by atoms with Crippen molar-refractivity contribution in [1.29, 1.82) is 0 Å². The Morgan fingerprint density at radius 3 is 2.82 bits per heavy atom. The van der Waals surface area contributed by atoms with E-state index in [1.807, 2.05) is 6.07 Å². The summed E-state index contributed by atoms with van der Waals surface area (Å²) in [6.45, 7) is 2.24. The highest BCUT2D eigenvalue weighted by atomic mass is 16.2. The minimum absolute atomic E-state index is 0.00264. The van der Waals surface area contributed by atoms with Crippen molar-refractivity contribution in [2.45, 2.75) is 38.6 Å². The average molecular weight is 381 g/mol. The van der Waals surface area contributed by atoms with Gasteiger partial charge in [-0.05, 0) is 37.7 Å². The summed E-state index contributed by atoms with van der Waals surface area (Å²) < 4.78 is 1.76. The fourth-order valence-electron chi connectivity index (χ4n) is 3.68. The second kappa shape index (κ2) is 7.79. The number of nitrogens with zero attached hydrogens (tertiary/aromatic N) is 4. The van der Waals surface area contributed by atoms with Gasteiger partial charge in [-0.2, -0.15) is 5.10 Å². The summed E-state index contributed by atoms with van der Waals surface area (Å²) in [7, 11) is 0. The molecule has 4 rings (SSSR count). The van der Waals surface area contributed by atoms with Gasteiger partial charge in [-0.15, -0.1) is 0 Å². The largest absolute Gasteiger partial charge is 0.356 e. The summed E-state index contributed by atoms with van der Waals surface area (Å²) in [6, 6.07) is 1.97. The van der Waals surface area contributed by atoms with Gasteiger partial charge in [0.25, 0.3) is 5.91 Å². The normalized spacial score (nSPS) is 19.5. The van der Waals surface area contributed by atoms with Crippen LogP contribution in [-0.4, -0.2) is 49.1 Å². The summed E-state index contributed by atoms with van der Waals surface area (Å²) in [5.74, 6) is 0.888. The number of aromatic amines is 1. The number of hydrogen-bond donors (Lipinski definition) is 3. The van der Waals surface area contributed by atoms with E-state index in [0.717, 1.165) is 31.1 Å². The highest BCUT2D eigenvalue weighted by Gasteiger charge is 2.24. The van der Waals surface area contributed by atoms with E-state index in [0.29, 0.717) is 29.5 Å². The molecule has 3 heterocycles. The van der Waals surface area contributed by atoms with Crippen LogP contribution in [0.25, 0.3) is 16.7 Å². The molecular weight excluding hydrogens is 358 g/mol.